The van der Waals surface area contributed by atoms with Crippen LogP contribution in [0.25, 0.3) is 10.8 Å². The number of benzene rings is 3. The van der Waals surface area contributed by atoms with Gasteiger partial charge in [0.25, 0.3) is 0 Å². The summed E-state index contributed by atoms with van der Waals surface area (Å²) < 4.78 is 0. The first-order valence-electron chi connectivity index (χ1n) is 9.03. The topological polar surface area (TPSA) is 29.1 Å². The summed E-state index contributed by atoms with van der Waals surface area (Å²) in [7, 11) is 0. The molecule has 1 aliphatic carbocycles. The van der Waals surface area contributed by atoms with Crippen LogP contribution in [0.3, 0.4) is 0 Å². The SMILES string of the molecule is O=C1CCCC2=C1[C@@H](c1ccc(Cl)cc1)c1c(ccc3ccccc13)N2. The molecular weight excluding hydrogens is 342 g/mol. The van der Waals surface area contributed by atoms with Crippen molar-refractivity contribution in [3.8, 4) is 0 Å². The molecule has 128 valence electrons. The smallest absolute Gasteiger partial charge is 0.161 e. The van der Waals surface area contributed by atoms with Gasteiger partial charge in [-0.25, -0.2) is 0 Å². The number of Topliss-reactive ketones (excluding diaryl/α,β-unsaturated/α-hetero) is 1. The van der Waals surface area contributed by atoms with E-state index in [4.69, 9.17) is 11.6 Å². The zero-order chi connectivity index (χ0) is 17.7. The van der Waals surface area contributed by atoms with E-state index in [1.807, 2.05) is 12.1 Å². The first-order chi connectivity index (χ1) is 12.7. The lowest BCUT2D eigenvalue weighted by Gasteiger charge is -2.35. The summed E-state index contributed by atoms with van der Waals surface area (Å²) in [6.07, 6.45) is 2.48. The predicted octanol–water partition coefficient (Wildman–Crippen LogP) is 6.06. The Morgan fingerprint density at radius 3 is 2.58 bits per heavy atom. The van der Waals surface area contributed by atoms with E-state index < -0.39 is 0 Å². The summed E-state index contributed by atoms with van der Waals surface area (Å²) in [6, 6.07) is 20.6. The minimum Gasteiger partial charge on any atom is -0.358 e. The summed E-state index contributed by atoms with van der Waals surface area (Å²) >= 11 is 6.12. The zero-order valence-corrected chi connectivity index (χ0v) is 15.0. The molecule has 3 heteroatoms. The van der Waals surface area contributed by atoms with Gasteiger partial charge in [-0.3, -0.25) is 4.79 Å². The molecule has 1 aliphatic heterocycles. The number of carbonyl (C=O) groups excluding carboxylic acids is 1. The first-order valence-corrected chi connectivity index (χ1v) is 9.40. The van der Waals surface area contributed by atoms with Crippen LogP contribution in [0.1, 0.15) is 36.3 Å². The number of nitrogens with one attached hydrogen (secondary N) is 1. The van der Waals surface area contributed by atoms with Gasteiger partial charge in [0.15, 0.2) is 5.78 Å². The number of anilines is 1. The number of fused-ring (bicyclic) bond motifs is 3. The highest BCUT2D eigenvalue weighted by atomic mass is 35.5. The molecule has 0 saturated heterocycles. The van der Waals surface area contributed by atoms with E-state index in [1.54, 1.807) is 0 Å². The first kappa shape index (κ1) is 15.7. The normalized spacial score (nSPS) is 19.1. The van der Waals surface area contributed by atoms with Gasteiger partial charge in [0.2, 0.25) is 0 Å². The molecule has 0 amide bonds. The molecule has 1 heterocycles. The van der Waals surface area contributed by atoms with Crippen LogP contribution < -0.4 is 5.32 Å². The Morgan fingerprint density at radius 1 is 0.923 bits per heavy atom. The quantitative estimate of drug-likeness (QED) is 0.572. The van der Waals surface area contributed by atoms with Crippen LogP contribution in [0, 0.1) is 0 Å². The van der Waals surface area contributed by atoms with Gasteiger partial charge in [-0.2, -0.15) is 0 Å². The second-order valence-electron chi connectivity index (χ2n) is 7.03. The fourth-order valence-corrected chi connectivity index (χ4v) is 4.47. The summed E-state index contributed by atoms with van der Waals surface area (Å²) in [5, 5.41) is 6.67. The Balaban J connectivity index is 1.83. The second-order valence-corrected chi connectivity index (χ2v) is 7.46. The zero-order valence-electron chi connectivity index (χ0n) is 14.3. The molecular formula is C23H18ClNO. The largest absolute Gasteiger partial charge is 0.358 e. The van der Waals surface area contributed by atoms with Gasteiger partial charge in [0.1, 0.15) is 0 Å². The molecule has 0 aromatic heterocycles. The lowest BCUT2D eigenvalue weighted by molar-refractivity contribution is -0.116. The van der Waals surface area contributed by atoms with Crippen molar-refractivity contribution >= 4 is 33.8 Å². The molecule has 0 unspecified atom stereocenters. The molecule has 1 N–H and O–H groups in total. The van der Waals surface area contributed by atoms with Crippen LogP contribution in [-0.4, -0.2) is 5.78 Å². The highest BCUT2D eigenvalue weighted by Gasteiger charge is 2.35. The molecule has 26 heavy (non-hydrogen) atoms. The molecule has 0 saturated carbocycles. The van der Waals surface area contributed by atoms with Crippen molar-refractivity contribution in [2.45, 2.75) is 25.2 Å². The third-order valence-corrected chi connectivity index (χ3v) is 5.75. The van der Waals surface area contributed by atoms with Gasteiger partial charge in [0, 0.05) is 34.3 Å². The Kier molecular flexibility index (Phi) is 3.61. The van der Waals surface area contributed by atoms with Crippen molar-refractivity contribution in [2.75, 3.05) is 5.32 Å². The van der Waals surface area contributed by atoms with Gasteiger partial charge in [0.05, 0.1) is 0 Å². The van der Waals surface area contributed by atoms with Crippen LogP contribution in [0.2, 0.25) is 5.02 Å². The van der Waals surface area contributed by atoms with Crippen molar-refractivity contribution in [3.63, 3.8) is 0 Å². The number of allylic oxidation sites excluding steroid dienone is 2. The minimum atomic E-state index is -0.0441. The minimum absolute atomic E-state index is 0.0441. The molecule has 2 aliphatic rings. The third-order valence-electron chi connectivity index (χ3n) is 5.49. The van der Waals surface area contributed by atoms with E-state index in [0.717, 1.165) is 35.4 Å². The van der Waals surface area contributed by atoms with Crippen LogP contribution in [-0.2, 0) is 4.79 Å². The Labute approximate surface area is 157 Å². The van der Waals surface area contributed by atoms with Crippen molar-refractivity contribution in [2.24, 2.45) is 0 Å². The molecule has 2 nitrogen and oxygen atoms in total. The van der Waals surface area contributed by atoms with E-state index in [9.17, 15) is 4.79 Å². The maximum absolute atomic E-state index is 12.9. The number of ketones is 1. The highest BCUT2D eigenvalue weighted by Crippen LogP contribution is 2.47. The Hall–Kier alpha value is -2.58. The number of rotatable bonds is 1. The maximum atomic E-state index is 12.9. The Bertz CT molecular complexity index is 1070. The van der Waals surface area contributed by atoms with E-state index in [2.05, 4.69) is 53.8 Å². The molecule has 0 spiro atoms. The molecule has 3 aromatic carbocycles. The summed E-state index contributed by atoms with van der Waals surface area (Å²) in [5.74, 6) is 0.217. The van der Waals surface area contributed by atoms with Crippen molar-refractivity contribution in [3.05, 3.63) is 88.1 Å². The van der Waals surface area contributed by atoms with E-state index in [0.29, 0.717) is 11.4 Å². The Morgan fingerprint density at radius 2 is 1.73 bits per heavy atom. The van der Waals surface area contributed by atoms with Crippen LogP contribution >= 0.6 is 11.6 Å². The number of halogens is 1. The molecule has 0 fully saturated rings. The summed E-state index contributed by atoms with van der Waals surface area (Å²) in [5.41, 5.74) is 5.44. The third kappa shape index (κ3) is 2.37. The van der Waals surface area contributed by atoms with E-state index in [-0.39, 0.29) is 11.7 Å². The average Bonchev–Trinajstić information content (AvgIpc) is 2.67. The van der Waals surface area contributed by atoms with Gasteiger partial charge in [-0.05, 0) is 52.9 Å². The van der Waals surface area contributed by atoms with Crippen LogP contribution in [0.5, 0.6) is 0 Å². The van der Waals surface area contributed by atoms with Gasteiger partial charge < -0.3 is 5.32 Å². The molecule has 0 bridgehead atoms. The lowest BCUT2D eigenvalue weighted by Crippen LogP contribution is -2.27. The molecule has 1 atom stereocenters. The monoisotopic (exact) mass is 359 g/mol. The van der Waals surface area contributed by atoms with Crippen LogP contribution in [0.15, 0.2) is 71.9 Å². The predicted molar refractivity (Wildman–Crippen MR) is 107 cm³/mol. The van der Waals surface area contributed by atoms with Gasteiger partial charge >= 0.3 is 0 Å². The number of hydrogen-bond acceptors (Lipinski definition) is 2. The number of hydrogen-bond donors (Lipinski definition) is 1. The number of carbonyl (C=O) groups is 1. The standard InChI is InChI=1S/C23H18ClNO/c24-16-11-8-15(9-12-16)21-22-17-5-2-1-4-14(17)10-13-19(22)25-18-6-3-7-20(26)23(18)21/h1-2,4-5,8-13,21,25H,3,6-7H2/t21-/m0/s1. The van der Waals surface area contributed by atoms with Crippen molar-refractivity contribution < 1.29 is 4.79 Å². The average molecular weight is 360 g/mol. The highest BCUT2D eigenvalue weighted by molar-refractivity contribution is 6.30. The molecule has 5 rings (SSSR count). The van der Waals surface area contributed by atoms with Crippen LogP contribution in [0.4, 0.5) is 5.69 Å². The van der Waals surface area contributed by atoms with Crippen molar-refractivity contribution in [1.82, 2.24) is 0 Å². The van der Waals surface area contributed by atoms with Gasteiger partial charge in [-0.1, -0.05) is 54.1 Å². The fourth-order valence-electron chi connectivity index (χ4n) is 4.34. The van der Waals surface area contributed by atoms with E-state index in [1.165, 1.54) is 16.3 Å². The second kappa shape index (κ2) is 6.00. The molecule has 0 radical (unpaired) electrons. The molecule has 3 aromatic rings. The van der Waals surface area contributed by atoms with E-state index >= 15 is 0 Å². The maximum Gasteiger partial charge on any atom is 0.161 e. The summed E-state index contributed by atoms with van der Waals surface area (Å²) in [6.45, 7) is 0. The van der Waals surface area contributed by atoms with Crippen molar-refractivity contribution in [1.29, 1.82) is 0 Å². The van der Waals surface area contributed by atoms with Gasteiger partial charge in [-0.15, -0.1) is 0 Å². The lowest BCUT2D eigenvalue weighted by atomic mass is 9.74. The summed E-state index contributed by atoms with van der Waals surface area (Å²) in [4.78, 5) is 12.9. The fraction of sp³-hybridized carbons (Fsp3) is 0.174.